The number of hydrogen-bond acceptors (Lipinski definition) is 5. The minimum atomic E-state index is -3.11. The summed E-state index contributed by atoms with van der Waals surface area (Å²) in [4.78, 5) is 25.2. The van der Waals surface area contributed by atoms with Crippen LogP contribution in [0.3, 0.4) is 0 Å². The molecule has 2 fully saturated rings. The van der Waals surface area contributed by atoms with Gasteiger partial charge in [0.15, 0.2) is 9.84 Å². The zero-order valence-corrected chi connectivity index (χ0v) is 12.2. The molecular weight excluding hydrogens is 282 g/mol. The average Bonchev–Trinajstić information content (AvgIpc) is 2.76. The van der Waals surface area contributed by atoms with Crippen molar-refractivity contribution >= 4 is 21.7 Å². The summed E-state index contributed by atoms with van der Waals surface area (Å²) in [5, 5.41) is 3.19. The Morgan fingerprint density at radius 1 is 1.30 bits per heavy atom. The summed E-state index contributed by atoms with van der Waals surface area (Å²) in [5.74, 6) is -1.40. The summed E-state index contributed by atoms with van der Waals surface area (Å²) in [5.41, 5.74) is 5.22. The lowest BCUT2D eigenvalue weighted by molar-refractivity contribution is -0.140. The fourth-order valence-electron chi connectivity index (χ4n) is 2.88. The monoisotopic (exact) mass is 303 g/mol. The minimum absolute atomic E-state index is 0.0523. The number of primary amides is 1. The van der Waals surface area contributed by atoms with Gasteiger partial charge in [-0.05, 0) is 25.8 Å². The molecule has 0 spiro atoms. The second-order valence-corrected chi connectivity index (χ2v) is 7.76. The molecule has 2 unspecified atom stereocenters. The van der Waals surface area contributed by atoms with Gasteiger partial charge < -0.3 is 16.0 Å². The zero-order chi connectivity index (χ0) is 14.8. The summed E-state index contributed by atoms with van der Waals surface area (Å²) in [6.45, 7) is 1.38. The fourth-order valence-corrected chi connectivity index (χ4v) is 4.61. The van der Waals surface area contributed by atoms with Crippen molar-refractivity contribution in [3.63, 3.8) is 0 Å². The molecule has 0 aromatic carbocycles. The third kappa shape index (κ3) is 3.69. The van der Waals surface area contributed by atoms with Gasteiger partial charge >= 0.3 is 0 Å². The van der Waals surface area contributed by atoms with Gasteiger partial charge in [0.25, 0.3) is 0 Å². The van der Waals surface area contributed by atoms with E-state index in [1.165, 1.54) is 4.90 Å². The highest BCUT2D eigenvalue weighted by molar-refractivity contribution is 7.91. The summed E-state index contributed by atoms with van der Waals surface area (Å²) in [6.07, 6.45) is 2.08. The van der Waals surface area contributed by atoms with E-state index in [9.17, 15) is 18.0 Å². The van der Waals surface area contributed by atoms with E-state index in [2.05, 4.69) is 5.32 Å². The number of nitrogens with two attached hydrogens (primary N) is 1. The van der Waals surface area contributed by atoms with Gasteiger partial charge in [-0.3, -0.25) is 9.59 Å². The van der Waals surface area contributed by atoms with Crippen molar-refractivity contribution in [1.82, 2.24) is 10.2 Å². The third-order valence-electron chi connectivity index (χ3n) is 3.90. The SMILES string of the molecule is NC(=O)CN(C(=O)C1CCS(=O)(=O)C1)C1CCCNC1. The standard InChI is InChI=1S/C12H21N3O4S/c13-11(16)7-15(10-2-1-4-14-6-10)12(17)9-3-5-20(18,19)8-9/h9-10,14H,1-8H2,(H2,13,16). The largest absolute Gasteiger partial charge is 0.368 e. The van der Waals surface area contributed by atoms with E-state index in [1.54, 1.807) is 0 Å². The fraction of sp³-hybridized carbons (Fsp3) is 0.833. The Labute approximate surface area is 118 Å². The lowest BCUT2D eigenvalue weighted by Gasteiger charge is -2.35. The summed E-state index contributed by atoms with van der Waals surface area (Å²) in [7, 11) is -3.11. The van der Waals surface area contributed by atoms with Crippen LogP contribution in [0, 0.1) is 5.92 Å². The molecule has 2 rings (SSSR count). The maximum absolute atomic E-state index is 12.5. The number of sulfone groups is 1. The van der Waals surface area contributed by atoms with Gasteiger partial charge in [0.1, 0.15) is 0 Å². The molecule has 114 valence electrons. The van der Waals surface area contributed by atoms with Crippen LogP contribution in [-0.2, 0) is 19.4 Å². The van der Waals surface area contributed by atoms with Crippen LogP contribution in [0.4, 0.5) is 0 Å². The maximum Gasteiger partial charge on any atom is 0.237 e. The van der Waals surface area contributed by atoms with Crippen molar-refractivity contribution in [2.75, 3.05) is 31.1 Å². The van der Waals surface area contributed by atoms with Crippen LogP contribution in [-0.4, -0.2) is 62.3 Å². The molecule has 0 aliphatic carbocycles. The molecule has 0 aromatic rings. The van der Waals surface area contributed by atoms with Crippen molar-refractivity contribution in [3.05, 3.63) is 0 Å². The Bertz CT molecular complexity index is 485. The van der Waals surface area contributed by atoms with Gasteiger partial charge in [0.2, 0.25) is 11.8 Å². The molecule has 2 amide bonds. The number of carbonyl (C=O) groups is 2. The van der Waals surface area contributed by atoms with Crippen LogP contribution in [0.15, 0.2) is 0 Å². The van der Waals surface area contributed by atoms with Crippen molar-refractivity contribution in [2.24, 2.45) is 11.7 Å². The van der Waals surface area contributed by atoms with Gasteiger partial charge in [0, 0.05) is 12.6 Å². The van der Waals surface area contributed by atoms with Crippen LogP contribution < -0.4 is 11.1 Å². The number of nitrogens with one attached hydrogen (secondary N) is 1. The highest BCUT2D eigenvalue weighted by Crippen LogP contribution is 2.23. The molecule has 0 saturated carbocycles. The molecule has 2 aliphatic rings. The molecule has 8 heteroatoms. The van der Waals surface area contributed by atoms with E-state index in [-0.39, 0.29) is 30.0 Å². The normalized spacial score (nSPS) is 29.0. The predicted molar refractivity (Wildman–Crippen MR) is 73.6 cm³/mol. The number of hydrogen-bond donors (Lipinski definition) is 2. The lowest BCUT2D eigenvalue weighted by Crippen LogP contribution is -2.53. The van der Waals surface area contributed by atoms with Crippen molar-refractivity contribution in [3.8, 4) is 0 Å². The molecule has 0 bridgehead atoms. The van der Waals surface area contributed by atoms with Crippen LogP contribution >= 0.6 is 0 Å². The zero-order valence-electron chi connectivity index (χ0n) is 11.4. The highest BCUT2D eigenvalue weighted by atomic mass is 32.2. The molecule has 2 atom stereocenters. The topological polar surface area (TPSA) is 110 Å². The van der Waals surface area contributed by atoms with Gasteiger partial charge in [-0.1, -0.05) is 0 Å². The van der Waals surface area contributed by atoms with Gasteiger partial charge in [-0.25, -0.2) is 8.42 Å². The first-order valence-corrected chi connectivity index (χ1v) is 8.71. The Morgan fingerprint density at radius 3 is 2.55 bits per heavy atom. The number of amides is 2. The lowest BCUT2D eigenvalue weighted by atomic mass is 10.0. The van der Waals surface area contributed by atoms with E-state index in [1.807, 2.05) is 0 Å². The number of rotatable bonds is 4. The van der Waals surface area contributed by atoms with Crippen molar-refractivity contribution in [2.45, 2.75) is 25.3 Å². The second-order valence-electron chi connectivity index (χ2n) is 5.53. The number of nitrogens with zero attached hydrogens (tertiary/aromatic N) is 1. The summed E-state index contributed by atoms with van der Waals surface area (Å²) >= 11 is 0. The quantitative estimate of drug-likeness (QED) is 0.656. The molecule has 2 heterocycles. The van der Waals surface area contributed by atoms with Crippen LogP contribution in [0.25, 0.3) is 0 Å². The Kier molecular flexibility index (Phi) is 4.64. The van der Waals surface area contributed by atoms with Crippen LogP contribution in [0.2, 0.25) is 0 Å². The molecule has 2 saturated heterocycles. The van der Waals surface area contributed by atoms with E-state index in [4.69, 9.17) is 5.73 Å². The molecular formula is C12H21N3O4S. The first-order chi connectivity index (χ1) is 9.39. The van der Waals surface area contributed by atoms with Gasteiger partial charge in [0.05, 0.1) is 24.0 Å². The van der Waals surface area contributed by atoms with E-state index in [0.29, 0.717) is 13.0 Å². The Hall–Kier alpha value is -1.15. The minimum Gasteiger partial charge on any atom is -0.368 e. The molecule has 0 aromatic heterocycles. The molecule has 20 heavy (non-hydrogen) atoms. The first-order valence-electron chi connectivity index (χ1n) is 6.89. The Balaban J connectivity index is 2.09. The number of piperidine rings is 1. The van der Waals surface area contributed by atoms with Gasteiger partial charge in [-0.2, -0.15) is 0 Å². The van der Waals surface area contributed by atoms with Crippen LogP contribution in [0.1, 0.15) is 19.3 Å². The predicted octanol–water partition coefficient (Wildman–Crippen LogP) is -1.51. The maximum atomic E-state index is 12.5. The summed E-state index contributed by atoms with van der Waals surface area (Å²) < 4.78 is 23.0. The molecule has 2 aliphatic heterocycles. The number of carbonyl (C=O) groups excluding carboxylic acids is 2. The van der Waals surface area contributed by atoms with E-state index < -0.39 is 21.7 Å². The Morgan fingerprint density at radius 2 is 2.05 bits per heavy atom. The van der Waals surface area contributed by atoms with Crippen molar-refractivity contribution < 1.29 is 18.0 Å². The third-order valence-corrected chi connectivity index (χ3v) is 5.67. The molecule has 3 N–H and O–H groups in total. The van der Waals surface area contributed by atoms with E-state index in [0.717, 1.165) is 19.4 Å². The molecule has 7 nitrogen and oxygen atoms in total. The average molecular weight is 303 g/mol. The molecule has 0 radical (unpaired) electrons. The summed E-state index contributed by atoms with van der Waals surface area (Å²) in [6, 6.07) is -0.0768. The van der Waals surface area contributed by atoms with Crippen LogP contribution in [0.5, 0.6) is 0 Å². The second kappa shape index (κ2) is 6.09. The highest BCUT2D eigenvalue weighted by Gasteiger charge is 2.38. The smallest absolute Gasteiger partial charge is 0.237 e. The van der Waals surface area contributed by atoms with E-state index >= 15 is 0 Å². The first kappa shape index (κ1) is 15.2. The van der Waals surface area contributed by atoms with Crippen molar-refractivity contribution in [1.29, 1.82) is 0 Å². The van der Waals surface area contributed by atoms with Gasteiger partial charge in [-0.15, -0.1) is 0 Å².